The summed E-state index contributed by atoms with van der Waals surface area (Å²) < 4.78 is 10.6. The van der Waals surface area contributed by atoms with Crippen molar-refractivity contribution in [3.63, 3.8) is 0 Å². The van der Waals surface area contributed by atoms with E-state index in [2.05, 4.69) is 0 Å². The van der Waals surface area contributed by atoms with Gasteiger partial charge in [0, 0.05) is 6.08 Å². The van der Waals surface area contributed by atoms with Gasteiger partial charge in [-0.05, 0) is 19.1 Å². The van der Waals surface area contributed by atoms with Gasteiger partial charge in [0.05, 0.1) is 6.10 Å². The number of rotatable bonds is 1. The molecule has 0 spiro atoms. The molecule has 0 radical (unpaired) electrons. The molecule has 1 heterocycles. The van der Waals surface area contributed by atoms with Crippen LogP contribution in [-0.4, -0.2) is 11.2 Å². The van der Waals surface area contributed by atoms with E-state index in [1.54, 1.807) is 6.92 Å². The number of aliphatic hydroxyl groups is 1. The van der Waals surface area contributed by atoms with Gasteiger partial charge in [0.1, 0.15) is 0 Å². The number of aliphatic hydroxyl groups excluding tert-OH is 1. The maximum atomic E-state index is 9.06. The van der Waals surface area contributed by atoms with Crippen LogP contribution in [-0.2, 0) is 0 Å². The molecule has 0 aromatic heterocycles. The molecule has 0 aliphatic carbocycles. The Morgan fingerprint density at radius 3 is 2.23 bits per heavy atom. The summed E-state index contributed by atoms with van der Waals surface area (Å²) >= 11 is 0. The van der Waals surface area contributed by atoms with Gasteiger partial charge in [0.15, 0.2) is 11.5 Å². The average molecular weight is 178 g/mol. The van der Waals surface area contributed by atoms with Crippen LogP contribution in [0, 0.1) is 0 Å². The van der Waals surface area contributed by atoms with Crippen molar-refractivity contribution in [3.05, 3.63) is 36.3 Å². The molecule has 68 valence electrons. The highest BCUT2D eigenvalue weighted by Gasteiger charge is 2.18. The van der Waals surface area contributed by atoms with Crippen molar-refractivity contribution in [2.75, 3.05) is 0 Å². The van der Waals surface area contributed by atoms with Crippen LogP contribution >= 0.6 is 0 Å². The van der Waals surface area contributed by atoms with Gasteiger partial charge in [-0.15, -0.1) is 0 Å². The molecular weight excluding hydrogens is 168 g/mol. The molecule has 1 aliphatic rings. The quantitative estimate of drug-likeness (QED) is 0.711. The van der Waals surface area contributed by atoms with E-state index in [0.717, 1.165) is 0 Å². The second-order valence-corrected chi connectivity index (χ2v) is 2.88. The second kappa shape index (κ2) is 3.11. The van der Waals surface area contributed by atoms with Crippen molar-refractivity contribution in [3.8, 4) is 11.5 Å². The number of hydrogen-bond donors (Lipinski definition) is 1. The summed E-state index contributed by atoms with van der Waals surface area (Å²) in [5, 5.41) is 9.06. The monoisotopic (exact) mass is 178 g/mol. The number of para-hydroxylation sites is 2. The lowest BCUT2D eigenvalue weighted by Gasteiger charge is -1.98. The van der Waals surface area contributed by atoms with Crippen LogP contribution in [0.25, 0.3) is 0 Å². The van der Waals surface area contributed by atoms with E-state index in [0.29, 0.717) is 17.4 Å². The molecule has 2 rings (SSSR count). The van der Waals surface area contributed by atoms with Gasteiger partial charge >= 0.3 is 0 Å². The molecule has 3 heteroatoms. The summed E-state index contributed by atoms with van der Waals surface area (Å²) in [4.78, 5) is 0. The third-order valence-electron chi connectivity index (χ3n) is 1.65. The molecule has 1 aromatic carbocycles. The molecule has 3 nitrogen and oxygen atoms in total. The van der Waals surface area contributed by atoms with Crippen molar-refractivity contribution >= 4 is 0 Å². The largest absolute Gasteiger partial charge is 0.422 e. The predicted octanol–water partition coefficient (Wildman–Crippen LogP) is 1.68. The zero-order chi connectivity index (χ0) is 9.26. The molecule has 0 saturated carbocycles. The zero-order valence-corrected chi connectivity index (χ0v) is 7.23. The van der Waals surface area contributed by atoms with Gasteiger partial charge in [0.2, 0.25) is 0 Å². The van der Waals surface area contributed by atoms with Crippen LogP contribution in [0.15, 0.2) is 36.3 Å². The minimum absolute atomic E-state index is 0.344. The summed E-state index contributed by atoms with van der Waals surface area (Å²) in [5.41, 5.74) is 0. The first-order chi connectivity index (χ1) is 6.25. The third kappa shape index (κ3) is 1.65. The molecule has 1 unspecified atom stereocenters. The van der Waals surface area contributed by atoms with Gasteiger partial charge in [0.25, 0.3) is 5.95 Å². The Morgan fingerprint density at radius 2 is 1.77 bits per heavy atom. The molecule has 0 bridgehead atoms. The Labute approximate surface area is 76.2 Å². The van der Waals surface area contributed by atoms with Gasteiger partial charge in [-0.25, -0.2) is 0 Å². The molecule has 1 atom stereocenters. The van der Waals surface area contributed by atoms with E-state index in [1.165, 1.54) is 6.08 Å². The van der Waals surface area contributed by atoms with Crippen molar-refractivity contribution in [1.29, 1.82) is 0 Å². The Hall–Kier alpha value is -1.48. The van der Waals surface area contributed by atoms with Crippen molar-refractivity contribution in [2.45, 2.75) is 13.0 Å². The molecule has 0 fully saturated rings. The minimum atomic E-state index is -0.565. The molecular formula is C10H10O3. The van der Waals surface area contributed by atoms with E-state index in [1.807, 2.05) is 24.3 Å². The van der Waals surface area contributed by atoms with E-state index < -0.39 is 6.10 Å². The van der Waals surface area contributed by atoms with Gasteiger partial charge < -0.3 is 14.6 Å². The fraction of sp³-hybridized carbons (Fsp3) is 0.200. The standard InChI is InChI=1S/C10H10O3/c1-7(11)6-10-12-8-4-2-3-5-9(8)13-10/h2-7,11H,1H3. The maximum Gasteiger partial charge on any atom is 0.288 e. The third-order valence-corrected chi connectivity index (χ3v) is 1.65. The molecule has 1 aliphatic heterocycles. The summed E-state index contributed by atoms with van der Waals surface area (Å²) in [6.07, 6.45) is 0.948. The van der Waals surface area contributed by atoms with Crippen LogP contribution in [0.1, 0.15) is 6.92 Å². The summed E-state index contributed by atoms with van der Waals surface area (Å²) in [5.74, 6) is 1.72. The SMILES string of the molecule is CC(O)C=C1Oc2ccccc2O1. The van der Waals surface area contributed by atoms with Gasteiger partial charge in [-0.3, -0.25) is 0 Å². The Balaban J connectivity index is 2.23. The highest BCUT2D eigenvalue weighted by Crippen LogP contribution is 2.35. The first kappa shape index (κ1) is 8.13. The lowest BCUT2D eigenvalue weighted by molar-refractivity contribution is 0.220. The molecule has 1 aromatic rings. The number of benzene rings is 1. The number of ether oxygens (including phenoxy) is 2. The van der Waals surface area contributed by atoms with Crippen LogP contribution in [0.4, 0.5) is 0 Å². The van der Waals surface area contributed by atoms with E-state index >= 15 is 0 Å². The van der Waals surface area contributed by atoms with Crippen LogP contribution < -0.4 is 9.47 Å². The highest BCUT2D eigenvalue weighted by molar-refractivity contribution is 5.44. The number of hydrogen-bond acceptors (Lipinski definition) is 3. The van der Waals surface area contributed by atoms with Crippen molar-refractivity contribution in [2.24, 2.45) is 0 Å². The summed E-state index contributed by atoms with van der Waals surface area (Å²) in [6.45, 7) is 1.64. The zero-order valence-electron chi connectivity index (χ0n) is 7.23. The first-order valence-corrected chi connectivity index (χ1v) is 4.10. The average Bonchev–Trinajstić information content (AvgIpc) is 2.44. The van der Waals surface area contributed by atoms with Crippen LogP contribution in [0.3, 0.4) is 0 Å². The van der Waals surface area contributed by atoms with Crippen LogP contribution in [0.2, 0.25) is 0 Å². The van der Waals surface area contributed by atoms with Crippen molar-refractivity contribution < 1.29 is 14.6 Å². The molecule has 13 heavy (non-hydrogen) atoms. The van der Waals surface area contributed by atoms with E-state index in [4.69, 9.17) is 14.6 Å². The topological polar surface area (TPSA) is 38.7 Å². The normalized spacial score (nSPS) is 15.7. The number of fused-ring (bicyclic) bond motifs is 1. The lowest BCUT2D eigenvalue weighted by Crippen LogP contribution is -2.01. The van der Waals surface area contributed by atoms with Crippen molar-refractivity contribution in [1.82, 2.24) is 0 Å². The molecule has 0 saturated heterocycles. The molecule has 0 amide bonds. The van der Waals surface area contributed by atoms with E-state index in [9.17, 15) is 0 Å². The fourth-order valence-electron chi connectivity index (χ4n) is 1.12. The Kier molecular flexibility index (Phi) is 1.94. The Morgan fingerprint density at radius 1 is 1.23 bits per heavy atom. The minimum Gasteiger partial charge on any atom is -0.422 e. The molecule has 1 N–H and O–H groups in total. The summed E-state index contributed by atoms with van der Waals surface area (Å²) in [6, 6.07) is 7.37. The van der Waals surface area contributed by atoms with E-state index in [-0.39, 0.29) is 0 Å². The van der Waals surface area contributed by atoms with Gasteiger partial charge in [-0.2, -0.15) is 0 Å². The predicted molar refractivity (Wildman–Crippen MR) is 47.5 cm³/mol. The lowest BCUT2D eigenvalue weighted by atomic mass is 10.3. The van der Waals surface area contributed by atoms with Crippen LogP contribution in [0.5, 0.6) is 11.5 Å². The van der Waals surface area contributed by atoms with Gasteiger partial charge in [-0.1, -0.05) is 12.1 Å². The Bertz CT molecular complexity index is 315. The highest BCUT2D eigenvalue weighted by atomic mass is 16.7. The maximum absolute atomic E-state index is 9.06. The second-order valence-electron chi connectivity index (χ2n) is 2.88. The fourth-order valence-corrected chi connectivity index (χ4v) is 1.12. The first-order valence-electron chi connectivity index (χ1n) is 4.10. The summed E-state index contributed by atoms with van der Waals surface area (Å²) in [7, 11) is 0. The smallest absolute Gasteiger partial charge is 0.288 e.